The normalized spacial score (nSPS) is 19.5. The SMILES string of the molecule is Cc1cccc2nc(-c3cccc(NC(=O)[C@H]4CCCC[C@@H]4C(=O)[O-])c3)cn12. The number of hydrogen-bond acceptors (Lipinski definition) is 4. The zero-order chi connectivity index (χ0) is 19.7. The average Bonchev–Trinajstić information content (AvgIpc) is 3.14. The Labute approximate surface area is 163 Å². The molecule has 6 nitrogen and oxygen atoms in total. The van der Waals surface area contributed by atoms with Gasteiger partial charge in [-0.1, -0.05) is 31.0 Å². The highest BCUT2D eigenvalue weighted by Crippen LogP contribution is 2.31. The second-order valence-corrected chi connectivity index (χ2v) is 7.41. The van der Waals surface area contributed by atoms with Crippen LogP contribution in [0.3, 0.4) is 0 Å². The maximum absolute atomic E-state index is 12.7. The van der Waals surface area contributed by atoms with Gasteiger partial charge in [-0.2, -0.15) is 0 Å². The van der Waals surface area contributed by atoms with E-state index in [2.05, 4.69) is 10.3 Å². The molecule has 2 heterocycles. The van der Waals surface area contributed by atoms with Crippen molar-refractivity contribution in [2.75, 3.05) is 5.32 Å². The molecule has 1 aliphatic carbocycles. The molecule has 1 fully saturated rings. The van der Waals surface area contributed by atoms with Gasteiger partial charge >= 0.3 is 0 Å². The number of fused-ring (bicyclic) bond motifs is 1. The fraction of sp³-hybridized carbons (Fsp3) is 0.318. The molecule has 0 bridgehead atoms. The number of carboxylic acid groups (broad SMARTS) is 1. The van der Waals surface area contributed by atoms with Gasteiger partial charge in [0.2, 0.25) is 5.91 Å². The summed E-state index contributed by atoms with van der Waals surface area (Å²) in [5, 5.41) is 14.3. The summed E-state index contributed by atoms with van der Waals surface area (Å²) in [4.78, 5) is 28.7. The molecule has 0 radical (unpaired) electrons. The first-order chi connectivity index (χ1) is 13.5. The van der Waals surface area contributed by atoms with Gasteiger partial charge in [0.1, 0.15) is 5.65 Å². The minimum absolute atomic E-state index is 0.253. The van der Waals surface area contributed by atoms with E-state index in [9.17, 15) is 14.7 Å². The summed E-state index contributed by atoms with van der Waals surface area (Å²) in [5.41, 5.74) is 4.30. The second kappa shape index (κ2) is 7.46. The van der Waals surface area contributed by atoms with Crippen LogP contribution in [0.4, 0.5) is 5.69 Å². The van der Waals surface area contributed by atoms with Gasteiger partial charge in [0.15, 0.2) is 0 Å². The molecule has 1 N–H and O–H groups in total. The predicted molar refractivity (Wildman–Crippen MR) is 104 cm³/mol. The van der Waals surface area contributed by atoms with Crippen molar-refractivity contribution in [3.05, 3.63) is 54.4 Å². The van der Waals surface area contributed by atoms with E-state index in [-0.39, 0.29) is 5.91 Å². The first-order valence-electron chi connectivity index (χ1n) is 9.60. The Hall–Kier alpha value is -3.15. The lowest BCUT2D eigenvalue weighted by Crippen LogP contribution is -2.42. The molecule has 0 unspecified atom stereocenters. The number of nitrogens with zero attached hydrogens (tertiary/aromatic N) is 2. The quantitative estimate of drug-likeness (QED) is 0.759. The zero-order valence-electron chi connectivity index (χ0n) is 15.7. The maximum Gasteiger partial charge on any atom is 0.228 e. The molecule has 1 aliphatic rings. The van der Waals surface area contributed by atoms with Gasteiger partial charge in [0.05, 0.1) is 5.69 Å². The molecule has 6 heteroatoms. The van der Waals surface area contributed by atoms with Crippen molar-refractivity contribution in [3.63, 3.8) is 0 Å². The Morgan fingerprint density at radius 1 is 1.11 bits per heavy atom. The van der Waals surface area contributed by atoms with Crippen molar-refractivity contribution in [1.29, 1.82) is 0 Å². The molecule has 2 aromatic heterocycles. The Morgan fingerprint density at radius 2 is 1.86 bits per heavy atom. The lowest BCUT2D eigenvalue weighted by molar-refractivity contribution is -0.313. The van der Waals surface area contributed by atoms with E-state index in [0.29, 0.717) is 18.5 Å². The van der Waals surface area contributed by atoms with Crippen molar-refractivity contribution in [3.8, 4) is 11.3 Å². The fourth-order valence-corrected chi connectivity index (χ4v) is 4.01. The van der Waals surface area contributed by atoms with Gasteiger partial charge in [-0.05, 0) is 44.0 Å². The summed E-state index contributed by atoms with van der Waals surface area (Å²) in [6.07, 6.45) is 4.74. The second-order valence-electron chi connectivity index (χ2n) is 7.41. The highest BCUT2D eigenvalue weighted by Gasteiger charge is 2.31. The Balaban J connectivity index is 1.57. The zero-order valence-corrected chi connectivity index (χ0v) is 15.7. The Morgan fingerprint density at radius 3 is 2.61 bits per heavy atom. The van der Waals surface area contributed by atoms with Crippen LogP contribution in [-0.4, -0.2) is 21.3 Å². The number of hydrogen-bond donors (Lipinski definition) is 1. The molecule has 2 atom stereocenters. The maximum atomic E-state index is 12.7. The smallest absolute Gasteiger partial charge is 0.228 e. The van der Waals surface area contributed by atoms with E-state index in [4.69, 9.17) is 0 Å². The number of imidazole rings is 1. The molecule has 28 heavy (non-hydrogen) atoms. The van der Waals surface area contributed by atoms with Crippen molar-refractivity contribution >= 4 is 23.2 Å². The van der Waals surface area contributed by atoms with Gasteiger partial charge in [-0.3, -0.25) is 4.79 Å². The lowest BCUT2D eigenvalue weighted by atomic mass is 9.78. The van der Waals surface area contributed by atoms with Crippen LogP contribution in [0.5, 0.6) is 0 Å². The number of carboxylic acids is 1. The lowest BCUT2D eigenvalue weighted by Gasteiger charge is -2.31. The van der Waals surface area contributed by atoms with Crippen LogP contribution >= 0.6 is 0 Å². The van der Waals surface area contributed by atoms with Crippen molar-refractivity contribution in [1.82, 2.24) is 9.38 Å². The Bertz CT molecular complexity index is 1040. The first kappa shape index (κ1) is 18.2. The number of anilines is 1. The standard InChI is InChI=1S/C22H23N3O3/c1-14-6-4-11-20-24-19(13-25(14)20)15-7-5-8-16(12-15)23-21(26)17-9-2-3-10-18(17)22(27)28/h4-8,11-13,17-18H,2-3,9-10H2,1H3,(H,23,26)(H,27,28)/p-1/t17-,18-/m0/s1. The van der Waals surface area contributed by atoms with E-state index in [1.54, 1.807) is 6.07 Å². The van der Waals surface area contributed by atoms with Crippen LogP contribution in [0.2, 0.25) is 0 Å². The summed E-state index contributed by atoms with van der Waals surface area (Å²) in [6, 6.07) is 13.4. The summed E-state index contributed by atoms with van der Waals surface area (Å²) in [6.45, 7) is 2.02. The van der Waals surface area contributed by atoms with E-state index in [1.165, 1.54) is 0 Å². The molecule has 0 aliphatic heterocycles. The number of carbonyl (C=O) groups excluding carboxylic acids is 2. The predicted octanol–water partition coefficient (Wildman–Crippen LogP) is 2.80. The third-order valence-corrected chi connectivity index (χ3v) is 5.53. The van der Waals surface area contributed by atoms with Crippen LogP contribution in [0.1, 0.15) is 31.4 Å². The minimum atomic E-state index is -1.13. The van der Waals surface area contributed by atoms with E-state index >= 15 is 0 Å². The molecular formula is C22H22N3O3-. The van der Waals surface area contributed by atoms with E-state index in [0.717, 1.165) is 35.4 Å². The molecule has 4 rings (SSSR count). The largest absolute Gasteiger partial charge is 0.550 e. The minimum Gasteiger partial charge on any atom is -0.550 e. The van der Waals surface area contributed by atoms with Gasteiger partial charge in [-0.25, -0.2) is 4.98 Å². The number of aliphatic carboxylic acids is 1. The fourth-order valence-electron chi connectivity index (χ4n) is 4.01. The van der Waals surface area contributed by atoms with Gasteiger partial charge in [-0.15, -0.1) is 0 Å². The Kier molecular flexibility index (Phi) is 4.86. The summed E-state index contributed by atoms with van der Waals surface area (Å²) in [7, 11) is 0. The summed E-state index contributed by atoms with van der Waals surface area (Å²) >= 11 is 0. The number of aryl methyl sites for hydroxylation is 1. The number of carbonyl (C=O) groups is 2. The third-order valence-electron chi connectivity index (χ3n) is 5.53. The summed E-state index contributed by atoms with van der Waals surface area (Å²) < 4.78 is 2.02. The van der Waals surface area contributed by atoms with Crippen LogP contribution in [0.15, 0.2) is 48.7 Å². The number of aromatic nitrogens is 2. The molecule has 144 valence electrons. The van der Waals surface area contributed by atoms with E-state index < -0.39 is 17.8 Å². The number of rotatable bonds is 4. The van der Waals surface area contributed by atoms with Crippen LogP contribution < -0.4 is 10.4 Å². The monoisotopic (exact) mass is 376 g/mol. The van der Waals surface area contributed by atoms with Crippen molar-refractivity contribution in [2.24, 2.45) is 11.8 Å². The van der Waals surface area contributed by atoms with Crippen LogP contribution in [0, 0.1) is 18.8 Å². The van der Waals surface area contributed by atoms with Crippen LogP contribution in [-0.2, 0) is 9.59 Å². The van der Waals surface area contributed by atoms with Crippen LogP contribution in [0.25, 0.3) is 16.9 Å². The molecule has 0 spiro atoms. The van der Waals surface area contributed by atoms with Gasteiger partial charge < -0.3 is 19.6 Å². The van der Waals surface area contributed by atoms with E-state index in [1.807, 2.05) is 53.9 Å². The number of nitrogens with one attached hydrogen (secondary N) is 1. The third kappa shape index (κ3) is 3.50. The highest BCUT2D eigenvalue weighted by molar-refractivity contribution is 5.95. The van der Waals surface area contributed by atoms with Crippen molar-refractivity contribution < 1.29 is 14.7 Å². The number of pyridine rings is 1. The number of amides is 1. The first-order valence-corrected chi connectivity index (χ1v) is 9.60. The molecule has 1 saturated carbocycles. The molecule has 1 amide bonds. The molecular weight excluding hydrogens is 354 g/mol. The topological polar surface area (TPSA) is 86.5 Å². The highest BCUT2D eigenvalue weighted by atomic mass is 16.4. The number of benzene rings is 1. The van der Waals surface area contributed by atoms with Crippen molar-refractivity contribution in [2.45, 2.75) is 32.6 Å². The van der Waals surface area contributed by atoms with Gasteiger partial charge in [0.25, 0.3) is 0 Å². The molecule has 1 aromatic carbocycles. The van der Waals surface area contributed by atoms with Gasteiger partial charge in [0, 0.05) is 40.9 Å². The average molecular weight is 376 g/mol. The molecule has 3 aromatic rings. The molecule has 0 saturated heterocycles. The summed E-state index contributed by atoms with van der Waals surface area (Å²) in [5.74, 6) is -2.64.